The van der Waals surface area contributed by atoms with Gasteiger partial charge in [-0.1, -0.05) is 27.2 Å². The summed E-state index contributed by atoms with van der Waals surface area (Å²) in [5.41, 5.74) is 5.49. The molecular formula is C23H33N5O5S. The molecule has 1 heterocycles. The number of carbonyl (C=O) groups excluding carboxylic acids is 2. The van der Waals surface area contributed by atoms with Crippen LogP contribution in [0.25, 0.3) is 0 Å². The van der Waals surface area contributed by atoms with Gasteiger partial charge in [-0.05, 0) is 36.6 Å². The Morgan fingerprint density at radius 2 is 1.88 bits per heavy atom. The third-order valence-corrected chi connectivity index (χ3v) is 5.82. The van der Waals surface area contributed by atoms with Gasteiger partial charge in [0.25, 0.3) is 5.56 Å². The SMILES string of the molecule is CCCCN(C(=O)CSCC(=O)Nc1ccc(OC)cc1)c1c(N)n(CC(C)C)c(=O)[nH]c1=O. The van der Waals surface area contributed by atoms with Gasteiger partial charge in [0.15, 0.2) is 5.69 Å². The van der Waals surface area contributed by atoms with Crippen molar-refractivity contribution in [3.63, 3.8) is 0 Å². The van der Waals surface area contributed by atoms with Crippen LogP contribution in [0.3, 0.4) is 0 Å². The average Bonchev–Trinajstić information content (AvgIpc) is 2.79. The monoisotopic (exact) mass is 491 g/mol. The second kappa shape index (κ2) is 12.9. The first-order valence-electron chi connectivity index (χ1n) is 11.1. The van der Waals surface area contributed by atoms with E-state index in [4.69, 9.17) is 10.5 Å². The number of methoxy groups -OCH3 is 1. The maximum Gasteiger partial charge on any atom is 0.330 e. The lowest BCUT2D eigenvalue weighted by molar-refractivity contribution is -0.116. The fraction of sp³-hybridized carbons (Fsp3) is 0.478. The lowest BCUT2D eigenvalue weighted by Crippen LogP contribution is -2.42. The maximum atomic E-state index is 13.0. The van der Waals surface area contributed by atoms with Crippen LogP contribution in [0, 0.1) is 5.92 Å². The van der Waals surface area contributed by atoms with Crippen LogP contribution in [0.4, 0.5) is 17.2 Å². The van der Waals surface area contributed by atoms with Gasteiger partial charge in [-0.25, -0.2) is 4.79 Å². The number of nitrogens with zero attached hydrogens (tertiary/aromatic N) is 2. The zero-order valence-electron chi connectivity index (χ0n) is 20.1. The second-order valence-corrected chi connectivity index (χ2v) is 9.15. The van der Waals surface area contributed by atoms with Crippen LogP contribution in [-0.2, 0) is 16.1 Å². The highest BCUT2D eigenvalue weighted by Gasteiger charge is 2.24. The number of amides is 2. The van der Waals surface area contributed by atoms with Crippen LogP contribution in [-0.4, -0.2) is 46.5 Å². The molecule has 0 aliphatic rings. The molecule has 4 N–H and O–H groups in total. The van der Waals surface area contributed by atoms with Gasteiger partial charge in [0.1, 0.15) is 11.6 Å². The lowest BCUT2D eigenvalue weighted by atomic mass is 10.2. The number of H-pyrrole nitrogens is 1. The first-order chi connectivity index (χ1) is 16.2. The van der Waals surface area contributed by atoms with Gasteiger partial charge in [-0.2, -0.15) is 0 Å². The first-order valence-corrected chi connectivity index (χ1v) is 12.3. The number of nitrogen functional groups attached to an aromatic ring is 1. The molecule has 2 rings (SSSR count). The number of rotatable bonds is 12. The molecule has 0 saturated carbocycles. The summed E-state index contributed by atoms with van der Waals surface area (Å²) in [6, 6.07) is 6.91. The molecule has 10 nitrogen and oxygen atoms in total. The van der Waals surface area contributed by atoms with Gasteiger partial charge >= 0.3 is 5.69 Å². The minimum absolute atomic E-state index is 0.0259. The maximum absolute atomic E-state index is 13.0. The summed E-state index contributed by atoms with van der Waals surface area (Å²) >= 11 is 1.13. The number of thioether (sulfide) groups is 1. The quantitative estimate of drug-likeness (QED) is 0.414. The molecule has 34 heavy (non-hydrogen) atoms. The number of nitrogens with two attached hydrogens (primary N) is 1. The van der Waals surface area contributed by atoms with Gasteiger partial charge < -0.3 is 20.7 Å². The molecule has 0 radical (unpaired) electrons. The normalized spacial score (nSPS) is 10.9. The third-order valence-electron chi connectivity index (χ3n) is 4.90. The Hall–Kier alpha value is -3.21. The summed E-state index contributed by atoms with van der Waals surface area (Å²) in [5, 5.41) is 2.76. The Kier molecular flexibility index (Phi) is 10.2. The van der Waals surface area contributed by atoms with Crippen molar-refractivity contribution >= 4 is 40.8 Å². The van der Waals surface area contributed by atoms with Gasteiger partial charge in [-0.3, -0.25) is 23.9 Å². The Labute approximate surface area is 202 Å². The molecule has 0 aliphatic heterocycles. The number of hydrogen-bond donors (Lipinski definition) is 3. The van der Waals surface area contributed by atoms with Crippen molar-refractivity contribution in [2.45, 2.75) is 40.2 Å². The molecule has 0 aliphatic carbocycles. The average molecular weight is 492 g/mol. The Morgan fingerprint density at radius 1 is 1.21 bits per heavy atom. The smallest absolute Gasteiger partial charge is 0.330 e. The standard InChI is InChI=1S/C23H33N5O5S/c1-5-6-11-27(20-21(24)28(12-15(2)3)23(32)26-22(20)31)19(30)14-34-13-18(29)25-16-7-9-17(33-4)10-8-16/h7-10,15H,5-6,11-14,24H2,1-4H3,(H,25,29)(H,26,31,32). The van der Waals surface area contributed by atoms with Crippen LogP contribution in [0.1, 0.15) is 33.6 Å². The zero-order chi connectivity index (χ0) is 25.3. The lowest BCUT2D eigenvalue weighted by Gasteiger charge is -2.24. The highest BCUT2D eigenvalue weighted by molar-refractivity contribution is 8.00. The molecule has 0 saturated heterocycles. The number of benzene rings is 1. The van der Waals surface area contributed by atoms with E-state index in [2.05, 4.69) is 10.3 Å². The van der Waals surface area contributed by atoms with E-state index in [1.807, 2.05) is 20.8 Å². The molecule has 0 fully saturated rings. The predicted molar refractivity (Wildman–Crippen MR) is 137 cm³/mol. The largest absolute Gasteiger partial charge is 0.497 e. The summed E-state index contributed by atoms with van der Waals surface area (Å²) in [7, 11) is 1.56. The molecule has 11 heteroatoms. The van der Waals surface area contributed by atoms with Gasteiger partial charge in [-0.15, -0.1) is 11.8 Å². The number of aromatic amines is 1. The predicted octanol–water partition coefficient (Wildman–Crippen LogP) is 2.29. The van der Waals surface area contributed by atoms with Crippen molar-refractivity contribution in [2.24, 2.45) is 5.92 Å². The summed E-state index contributed by atoms with van der Waals surface area (Å²) in [6.07, 6.45) is 1.45. The number of ether oxygens (including phenoxy) is 1. The van der Waals surface area contributed by atoms with Crippen LogP contribution in [0.15, 0.2) is 33.9 Å². The molecule has 0 atom stereocenters. The van der Waals surface area contributed by atoms with Crippen LogP contribution in [0.2, 0.25) is 0 Å². The molecular weight excluding hydrogens is 458 g/mol. The van der Waals surface area contributed by atoms with E-state index in [-0.39, 0.29) is 47.3 Å². The first kappa shape index (κ1) is 27.0. The molecule has 1 aromatic heterocycles. The van der Waals surface area contributed by atoms with E-state index in [0.29, 0.717) is 24.4 Å². The summed E-state index contributed by atoms with van der Waals surface area (Å²) < 4.78 is 6.37. The minimum atomic E-state index is -0.700. The summed E-state index contributed by atoms with van der Waals surface area (Å²) in [4.78, 5) is 53.8. The number of carbonyl (C=O) groups is 2. The Balaban J connectivity index is 2.11. The number of anilines is 3. The Morgan fingerprint density at radius 3 is 2.47 bits per heavy atom. The van der Waals surface area contributed by atoms with Crippen LogP contribution in [0.5, 0.6) is 5.75 Å². The molecule has 0 spiro atoms. The molecule has 1 aromatic carbocycles. The second-order valence-electron chi connectivity index (χ2n) is 8.17. The van der Waals surface area contributed by atoms with Crippen molar-refractivity contribution in [3.8, 4) is 5.75 Å². The van der Waals surface area contributed by atoms with E-state index in [0.717, 1.165) is 18.2 Å². The van der Waals surface area contributed by atoms with Crippen molar-refractivity contribution < 1.29 is 14.3 Å². The van der Waals surface area contributed by atoms with E-state index < -0.39 is 11.2 Å². The molecule has 2 amide bonds. The Bertz CT molecular complexity index is 1090. The van der Waals surface area contributed by atoms with Gasteiger partial charge in [0.05, 0.1) is 18.6 Å². The zero-order valence-corrected chi connectivity index (χ0v) is 20.9. The molecule has 0 bridgehead atoms. The minimum Gasteiger partial charge on any atom is -0.497 e. The summed E-state index contributed by atoms with van der Waals surface area (Å²) in [5.74, 6) is 0.167. The molecule has 2 aromatic rings. The fourth-order valence-corrected chi connectivity index (χ4v) is 3.93. The van der Waals surface area contributed by atoms with Crippen molar-refractivity contribution in [3.05, 3.63) is 45.1 Å². The molecule has 0 unspecified atom stereocenters. The third kappa shape index (κ3) is 7.41. The van der Waals surface area contributed by atoms with Crippen molar-refractivity contribution in [2.75, 3.05) is 41.1 Å². The topological polar surface area (TPSA) is 140 Å². The number of hydrogen-bond acceptors (Lipinski definition) is 7. The van der Waals surface area contributed by atoms with Crippen molar-refractivity contribution in [1.29, 1.82) is 0 Å². The van der Waals surface area contributed by atoms with E-state index in [9.17, 15) is 19.2 Å². The van der Waals surface area contributed by atoms with Crippen LogP contribution >= 0.6 is 11.8 Å². The van der Waals surface area contributed by atoms with Crippen LogP contribution < -0.4 is 31.9 Å². The summed E-state index contributed by atoms with van der Waals surface area (Å²) in [6.45, 7) is 6.40. The molecule has 186 valence electrons. The van der Waals surface area contributed by atoms with E-state index >= 15 is 0 Å². The highest BCUT2D eigenvalue weighted by Crippen LogP contribution is 2.20. The highest BCUT2D eigenvalue weighted by atomic mass is 32.2. The van der Waals surface area contributed by atoms with Gasteiger partial charge in [0, 0.05) is 18.8 Å². The number of nitrogens with one attached hydrogen (secondary N) is 2. The van der Waals surface area contributed by atoms with E-state index in [1.165, 1.54) is 9.47 Å². The van der Waals surface area contributed by atoms with Crippen molar-refractivity contribution in [1.82, 2.24) is 9.55 Å². The number of aromatic nitrogens is 2. The van der Waals surface area contributed by atoms with Gasteiger partial charge in [0.2, 0.25) is 11.8 Å². The van der Waals surface area contributed by atoms with E-state index in [1.54, 1.807) is 31.4 Å². The number of unbranched alkanes of at least 4 members (excludes halogenated alkanes) is 1. The fourth-order valence-electron chi connectivity index (χ4n) is 3.24.